The van der Waals surface area contributed by atoms with Gasteiger partial charge in [0.15, 0.2) is 0 Å². The first-order chi connectivity index (χ1) is 13.3. The molecule has 2 aromatic rings. The van der Waals surface area contributed by atoms with Crippen molar-refractivity contribution in [3.63, 3.8) is 0 Å². The molecule has 0 spiro atoms. The van der Waals surface area contributed by atoms with E-state index in [1.165, 1.54) is 6.07 Å². The van der Waals surface area contributed by atoms with Gasteiger partial charge in [0, 0.05) is 17.5 Å². The summed E-state index contributed by atoms with van der Waals surface area (Å²) in [5.74, 6) is -1.73. The van der Waals surface area contributed by atoms with Crippen molar-refractivity contribution in [1.82, 2.24) is 10.2 Å². The van der Waals surface area contributed by atoms with Gasteiger partial charge in [-0.15, -0.1) is 5.10 Å². The van der Waals surface area contributed by atoms with E-state index in [-0.39, 0.29) is 35.6 Å². The van der Waals surface area contributed by atoms with Gasteiger partial charge in [-0.25, -0.2) is 0 Å². The maximum atomic E-state index is 12.3. The Balaban J connectivity index is 2.32. The predicted octanol–water partition coefficient (Wildman–Crippen LogP) is 2.13. The lowest BCUT2D eigenvalue weighted by atomic mass is 9.82. The Kier molecular flexibility index (Phi) is 4.83. The van der Waals surface area contributed by atoms with Crippen LogP contribution in [-0.2, 0) is 0 Å². The molecule has 0 aliphatic carbocycles. The quantitative estimate of drug-likeness (QED) is 0.584. The molecule has 10 nitrogen and oxygen atoms in total. The van der Waals surface area contributed by atoms with Crippen molar-refractivity contribution >= 4 is 5.69 Å². The van der Waals surface area contributed by atoms with Crippen LogP contribution < -0.4 is 20.3 Å². The first-order valence-corrected chi connectivity index (χ1v) is 8.57. The molecule has 0 saturated heterocycles. The number of nitriles is 1. The van der Waals surface area contributed by atoms with Gasteiger partial charge in [0.05, 0.1) is 23.0 Å². The van der Waals surface area contributed by atoms with E-state index in [0.29, 0.717) is 16.8 Å². The minimum Gasteiger partial charge on any atom is -0.865 e. The third-order valence-corrected chi connectivity index (χ3v) is 4.43. The minimum atomic E-state index is -0.824. The molecule has 1 aromatic carbocycles. The van der Waals surface area contributed by atoms with Gasteiger partial charge in [-0.1, -0.05) is 13.8 Å². The monoisotopic (exact) mass is 384 g/mol. The average Bonchev–Trinajstić information content (AvgIpc) is 3.05. The summed E-state index contributed by atoms with van der Waals surface area (Å²) in [6, 6.07) is 4.56. The maximum absolute atomic E-state index is 12.3. The number of aromatic nitrogens is 2. The molecule has 0 amide bonds. The van der Waals surface area contributed by atoms with Gasteiger partial charge in [0.2, 0.25) is 11.8 Å². The van der Waals surface area contributed by atoms with Crippen LogP contribution >= 0.6 is 0 Å². The van der Waals surface area contributed by atoms with Gasteiger partial charge in [-0.2, -0.15) is 5.26 Å². The van der Waals surface area contributed by atoms with Crippen molar-refractivity contribution in [3.8, 4) is 23.4 Å². The summed E-state index contributed by atoms with van der Waals surface area (Å²) in [7, 11) is 0. The first-order valence-electron chi connectivity index (χ1n) is 8.57. The van der Waals surface area contributed by atoms with Gasteiger partial charge < -0.3 is 20.3 Å². The molecule has 0 fully saturated rings. The van der Waals surface area contributed by atoms with E-state index in [9.17, 15) is 20.5 Å². The van der Waals surface area contributed by atoms with Crippen molar-refractivity contribution in [1.29, 1.82) is 5.26 Å². The van der Waals surface area contributed by atoms with E-state index < -0.39 is 22.3 Å². The molecule has 0 radical (unpaired) electrons. The summed E-state index contributed by atoms with van der Waals surface area (Å²) < 4.78 is 10.8. The molecule has 3 N–H and O–H groups in total. The van der Waals surface area contributed by atoms with Crippen LogP contribution in [0, 0.1) is 21.4 Å². The number of H-pyrrole nitrogens is 1. The second-order valence-electron chi connectivity index (χ2n) is 6.49. The summed E-state index contributed by atoms with van der Waals surface area (Å²) >= 11 is 0. The van der Waals surface area contributed by atoms with E-state index in [0.717, 1.165) is 6.07 Å². The minimum absolute atomic E-state index is 0.00162. The topological polar surface area (TPSA) is 163 Å². The number of nitro benzene ring substituents is 1. The molecule has 1 aromatic heterocycles. The Hall–Kier alpha value is -3.74. The average molecular weight is 384 g/mol. The predicted molar refractivity (Wildman–Crippen MR) is 95.7 cm³/mol. The molecule has 2 heterocycles. The summed E-state index contributed by atoms with van der Waals surface area (Å²) in [6.07, 6.45) is 0. The van der Waals surface area contributed by atoms with Gasteiger partial charge in [0.25, 0.3) is 5.69 Å². The van der Waals surface area contributed by atoms with Crippen LogP contribution in [0.1, 0.15) is 49.4 Å². The normalized spacial score (nSPS) is 15.8. The number of nitrogens with zero attached hydrogens (tertiary/aromatic N) is 3. The standard InChI is InChI=1S/C18H19N5O5/c1-4-27-12-6-9(5-11(16(12)24)23(25)26)13-10(7-19)17(20)28-18-14(13)15(8(2)3)21-22-18/h5-6,8,13,24H,4,20H2,1-3H3,(H,21,22)/p-1/t13-/m1/s1. The van der Waals surface area contributed by atoms with Gasteiger partial charge in [-0.05, 0) is 24.5 Å². The number of nitro groups is 1. The molecular weight excluding hydrogens is 366 g/mol. The van der Waals surface area contributed by atoms with Crippen LogP contribution in [0.5, 0.6) is 17.4 Å². The lowest BCUT2D eigenvalue weighted by molar-refractivity contribution is -0.398. The largest absolute Gasteiger partial charge is 0.865 e. The van der Waals surface area contributed by atoms with Crippen molar-refractivity contribution in [2.24, 2.45) is 5.73 Å². The number of nitrogens with one attached hydrogen (secondary N) is 1. The number of nitrogens with two attached hydrogens (primary N) is 1. The Morgan fingerprint density at radius 2 is 2.21 bits per heavy atom. The summed E-state index contributed by atoms with van der Waals surface area (Å²) in [5, 5.41) is 40.4. The zero-order chi connectivity index (χ0) is 20.6. The van der Waals surface area contributed by atoms with Crippen LogP contribution in [0.2, 0.25) is 0 Å². The molecule has 0 bridgehead atoms. The lowest BCUT2D eigenvalue weighted by Gasteiger charge is -2.26. The zero-order valence-electron chi connectivity index (χ0n) is 15.5. The Labute approximate surface area is 160 Å². The third-order valence-electron chi connectivity index (χ3n) is 4.43. The van der Waals surface area contributed by atoms with Crippen molar-refractivity contribution in [2.75, 3.05) is 6.61 Å². The highest BCUT2D eigenvalue weighted by molar-refractivity contribution is 5.62. The number of ether oxygens (including phenoxy) is 2. The smallest absolute Gasteiger partial charge is 0.265 e. The lowest BCUT2D eigenvalue weighted by Crippen LogP contribution is -2.21. The fourth-order valence-electron chi connectivity index (χ4n) is 3.22. The molecule has 1 atom stereocenters. The molecule has 3 rings (SSSR count). The number of allylic oxidation sites excluding steroid dienone is 1. The Morgan fingerprint density at radius 3 is 2.79 bits per heavy atom. The Bertz CT molecular complexity index is 1020. The van der Waals surface area contributed by atoms with E-state index >= 15 is 0 Å². The highest BCUT2D eigenvalue weighted by Gasteiger charge is 2.37. The molecule has 0 unspecified atom stereocenters. The van der Waals surface area contributed by atoms with Gasteiger partial charge in [-0.3, -0.25) is 15.2 Å². The molecule has 1 aliphatic heterocycles. The number of hydrogen-bond acceptors (Lipinski definition) is 8. The van der Waals surface area contributed by atoms with Crippen LogP contribution in [0.15, 0.2) is 23.6 Å². The molecule has 146 valence electrons. The first kappa shape index (κ1) is 19.0. The molecular formula is C18H18N5O5-. The SMILES string of the molecule is CCOc1cc([C@@H]2C(C#N)=C(N)Oc3n[nH]c(C(C)C)c32)cc([N+](=O)[O-])c1[O-]. The van der Waals surface area contributed by atoms with Crippen molar-refractivity contribution in [3.05, 3.63) is 50.5 Å². The zero-order valence-corrected chi connectivity index (χ0v) is 15.5. The van der Waals surface area contributed by atoms with Crippen LogP contribution in [-0.4, -0.2) is 21.7 Å². The summed E-state index contributed by atoms with van der Waals surface area (Å²) in [5.41, 5.74) is 6.91. The molecule has 10 heteroatoms. The fourth-order valence-corrected chi connectivity index (χ4v) is 3.22. The van der Waals surface area contributed by atoms with Crippen LogP contribution in [0.4, 0.5) is 5.69 Å². The van der Waals surface area contributed by atoms with Crippen LogP contribution in [0.25, 0.3) is 0 Å². The van der Waals surface area contributed by atoms with Crippen molar-refractivity contribution in [2.45, 2.75) is 32.6 Å². The fraction of sp³-hybridized carbons (Fsp3) is 0.333. The van der Waals surface area contributed by atoms with E-state index in [2.05, 4.69) is 10.2 Å². The molecule has 28 heavy (non-hydrogen) atoms. The highest BCUT2D eigenvalue weighted by Crippen LogP contribution is 2.47. The van der Waals surface area contributed by atoms with Gasteiger partial charge in [0.1, 0.15) is 17.4 Å². The second-order valence-corrected chi connectivity index (χ2v) is 6.49. The maximum Gasteiger partial charge on any atom is 0.265 e. The van der Waals surface area contributed by atoms with Gasteiger partial charge >= 0.3 is 0 Å². The molecule has 1 aliphatic rings. The van der Waals surface area contributed by atoms with E-state index in [4.69, 9.17) is 15.2 Å². The number of aromatic amines is 1. The number of rotatable bonds is 5. The third kappa shape index (κ3) is 2.96. The molecule has 0 saturated carbocycles. The van der Waals surface area contributed by atoms with Crippen molar-refractivity contribution < 1.29 is 19.5 Å². The number of benzene rings is 1. The summed E-state index contributed by atoms with van der Waals surface area (Å²) in [4.78, 5) is 10.6. The Morgan fingerprint density at radius 1 is 1.50 bits per heavy atom. The highest BCUT2D eigenvalue weighted by atomic mass is 16.6. The van der Waals surface area contributed by atoms with E-state index in [1.807, 2.05) is 19.9 Å². The summed E-state index contributed by atoms with van der Waals surface area (Å²) in [6.45, 7) is 5.66. The van der Waals surface area contributed by atoms with Crippen LogP contribution in [0.3, 0.4) is 0 Å². The second kappa shape index (κ2) is 7.11. The van der Waals surface area contributed by atoms with E-state index in [1.54, 1.807) is 6.92 Å². The number of fused-ring (bicyclic) bond motifs is 1. The number of hydrogen-bond donors (Lipinski definition) is 2.